The van der Waals surface area contributed by atoms with Gasteiger partial charge in [-0.1, -0.05) is 18.2 Å². The Bertz CT molecular complexity index is 785. The third-order valence-electron chi connectivity index (χ3n) is 3.02. The van der Waals surface area contributed by atoms with Gasteiger partial charge in [-0.15, -0.1) is 0 Å². The van der Waals surface area contributed by atoms with E-state index in [9.17, 15) is 9.18 Å². The van der Waals surface area contributed by atoms with Crippen LogP contribution in [0.3, 0.4) is 0 Å². The third-order valence-corrected chi connectivity index (χ3v) is 3.02. The molecule has 0 aliphatic heterocycles. The quantitative estimate of drug-likeness (QED) is 0.785. The van der Waals surface area contributed by atoms with Crippen molar-refractivity contribution in [1.82, 2.24) is 9.78 Å². The average Bonchev–Trinajstić information content (AvgIpc) is 2.97. The standard InChI is InChI=1S/C17H14FN3O2/c18-13-6-8-15(9-7-13)23-16-10-19-21(11-16)12-17(22)20-14-4-2-1-3-5-14/h1-11H,12H2,(H,20,22). The molecule has 1 heterocycles. The first-order valence-corrected chi connectivity index (χ1v) is 7.00. The van der Waals surface area contributed by atoms with Gasteiger partial charge in [0, 0.05) is 5.69 Å². The van der Waals surface area contributed by atoms with E-state index in [0.717, 1.165) is 5.69 Å². The van der Waals surface area contributed by atoms with Crippen LogP contribution in [0.25, 0.3) is 0 Å². The van der Waals surface area contributed by atoms with E-state index in [1.165, 1.54) is 35.1 Å². The molecule has 0 fully saturated rings. The molecule has 1 aromatic heterocycles. The molecule has 5 nitrogen and oxygen atoms in total. The minimum Gasteiger partial charge on any atom is -0.454 e. The van der Waals surface area contributed by atoms with Gasteiger partial charge in [-0.25, -0.2) is 4.39 Å². The molecule has 0 bridgehead atoms. The van der Waals surface area contributed by atoms with Crippen molar-refractivity contribution in [2.75, 3.05) is 5.32 Å². The number of nitrogens with one attached hydrogen (secondary N) is 1. The average molecular weight is 311 g/mol. The zero-order valence-electron chi connectivity index (χ0n) is 12.1. The Morgan fingerprint density at radius 3 is 2.57 bits per heavy atom. The lowest BCUT2D eigenvalue weighted by Gasteiger charge is -2.05. The minimum atomic E-state index is -0.328. The molecule has 0 saturated carbocycles. The molecular weight excluding hydrogens is 297 g/mol. The lowest BCUT2D eigenvalue weighted by molar-refractivity contribution is -0.116. The number of hydrogen-bond donors (Lipinski definition) is 1. The number of ether oxygens (including phenoxy) is 1. The number of rotatable bonds is 5. The van der Waals surface area contributed by atoms with Gasteiger partial charge in [0.15, 0.2) is 5.75 Å². The highest BCUT2D eigenvalue weighted by molar-refractivity contribution is 5.90. The summed E-state index contributed by atoms with van der Waals surface area (Å²) in [6, 6.07) is 14.9. The lowest BCUT2D eigenvalue weighted by atomic mass is 10.3. The fourth-order valence-electron chi connectivity index (χ4n) is 1.99. The lowest BCUT2D eigenvalue weighted by Crippen LogP contribution is -2.18. The van der Waals surface area contributed by atoms with Crippen LogP contribution in [0.5, 0.6) is 11.5 Å². The molecule has 6 heteroatoms. The number of aromatic nitrogens is 2. The smallest absolute Gasteiger partial charge is 0.246 e. The van der Waals surface area contributed by atoms with Crippen molar-refractivity contribution in [3.05, 3.63) is 72.8 Å². The SMILES string of the molecule is O=C(Cn1cc(Oc2ccc(F)cc2)cn1)Nc1ccccc1. The molecule has 1 amide bonds. The maximum atomic E-state index is 12.8. The van der Waals surface area contributed by atoms with Crippen LogP contribution in [-0.2, 0) is 11.3 Å². The predicted octanol–water partition coefficient (Wildman–Crippen LogP) is 3.45. The molecule has 3 aromatic rings. The van der Waals surface area contributed by atoms with Crippen LogP contribution in [0.4, 0.5) is 10.1 Å². The Morgan fingerprint density at radius 2 is 1.83 bits per heavy atom. The van der Waals surface area contributed by atoms with Crippen molar-refractivity contribution in [1.29, 1.82) is 0 Å². The number of hydrogen-bond acceptors (Lipinski definition) is 3. The van der Waals surface area contributed by atoms with Crippen LogP contribution in [0, 0.1) is 5.82 Å². The van der Waals surface area contributed by atoms with Gasteiger partial charge < -0.3 is 10.1 Å². The van der Waals surface area contributed by atoms with Gasteiger partial charge in [0.1, 0.15) is 18.1 Å². The Labute approximate surface area is 132 Å². The van der Waals surface area contributed by atoms with Crippen molar-refractivity contribution in [3.8, 4) is 11.5 Å². The number of amides is 1. The van der Waals surface area contributed by atoms with E-state index in [4.69, 9.17) is 4.74 Å². The largest absolute Gasteiger partial charge is 0.454 e. The Kier molecular flexibility index (Phi) is 4.33. The van der Waals surface area contributed by atoms with E-state index in [0.29, 0.717) is 11.5 Å². The minimum absolute atomic E-state index is 0.0711. The van der Waals surface area contributed by atoms with Crippen molar-refractivity contribution >= 4 is 11.6 Å². The molecule has 0 atom stereocenters. The number of carbonyl (C=O) groups is 1. The van der Waals surface area contributed by atoms with Gasteiger partial charge in [-0.3, -0.25) is 9.48 Å². The second-order valence-electron chi connectivity index (χ2n) is 4.84. The molecule has 0 spiro atoms. The van der Waals surface area contributed by atoms with E-state index < -0.39 is 0 Å². The van der Waals surface area contributed by atoms with E-state index in [1.807, 2.05) is 30.3 Å². The summed E-state index contributed by atoms with van der Waals surface area (Å²) in [4.78, 5) is 11.9. The van der Waals surface area contributed by atoms with Crippen LogP contribution in [0.1, 0.15) is 0 Å². The van der Waals surface area contributed by atoms with Crippen molar-refractivity contribution in [3.63, 3.8) is 0 Å². The van der Waals surface area contributed by atoms with E-state index in [1.54, 1.807) is 6.20 Å². The zero-order chi connectivity index (χ0) is 16.1. The van der Waals surface area contributed by atoms with Gasteiger partial charge in [-0.05, 0) is 36.4 Å². The van der Waals surface area contributed by atoms with Gasteiger partial charge in [0.25, 0.3) is 0 Å². The molecule has 2 aromatic carbocycles. The number of nitrogens with zero attached hydrogens (tertiary/aromatic N) is 2. The summed E-state index contributed by atoms with van der Waals surface area (Å²) in [5.74, 6) is 0.460. The molecule has 116 valence electrons. The van der Waals surface area contributed by atoms with Crippen LogP contribution in [-0.4, -0.2) is 15.7 Å². The molecule has 23 heavy (non-hydrogen) atoms. The van der Waals surface area contributed by atoms with E-state index in [2.05, 4.69) is 10.4 Å². The highest BCUT2D eigenvalue weighted by Gasteiger charge is 2.06. The number of halogens is 1. The zero-order valence-corrected chi connectivity index (χ0v) is 12.1. The van der Waals surface area contributed by atoms with Gasteiger partial charge >= 0.3 is 0 Å². The number of anilines is 1. The van der Waals surface area contributed by atoms with Crippen molar-refractivity contribution < 1.29 is 13.9 Å². The Hall–Kier alpha value is -3.15. The van der Waals surface area contributed by atoms with Crippen LogP contribution < -0.4 is 10.1 Å². The second-order valence-corrected chi connectivity index (χ2v) is 4.84. The van der Waals surface area contributed by atoms with Crippen molar-refractivity contribution in [2.24, 2.45) is 0 Å². The summed E-state index contributed by atoms with van der Waals surface area (Å²) in [5.41, 5.74) is 0.729. The molecule has 0 saturated heterocycles. The molecule has 0 aliphatic carbocycles. The summed E-state index contributed by atoms with van der Waals surface area (Å²) >= 11 is 0. The normalized spacial score (nSPS) is 10.3. The monoisotopic (exact) mass is 311 g/mol. The molecule has 0 unspecified atom stereocenters. The van der Waals surface area contributed by atoms with Gasteiger partial charge in [0.2, 0.25) is 5.91 Å². The maximum absolute atomic E-state index is 12.8. The summed E-state index contributed by atoms with van der Waals surface area (Å²) < 4.78 is 19.8. The highest BCUT2D eigenvalue weighted by Crippen LogP contribution is 2.20. The van der Waals surface area contributed by atoms with Crippen molar-refractivity contribution in [2.45, 2.75) is 6.54 Å². The molecule has 0 aliphatic rings. The summed E-state index contributed by atoms with van der Waals surface area (Å²) in [6.45, 7) is 0.0711. The van der Waals surface area contributed by atoms with E-state index >= 15 is 0 Å². The fraction of sp³-hybridized carbons (Fsp3) is 0.0588. The van der Waals surface area contributed by atoms with Gasteiger partial charge in [0.05, 0.1) is 12.4 Å². The number of carbonyl (C=O) groups excluding carboxylic acids is 1. The Morgan fingerprint density at radius 1 is 1.09 bits per heavy atom. The maximum Gasteiger partial charge on any atom is 0.246 e. The Balaban J connectivity index is 1.58. The molecular formula is C17H14FN3O2. The van der Waals surface area contributed by atoms with Crippen LogP contribution in [0.2, 0.25) is 0 Å². The summed E-state index contributed by atoms with van der Waals surface area (Å²) in [7, 11) is 0. The summed E-state index contributed by atoms with van der Waals surface area (Å²) in [5, 5.41) is 6.84. The van der Waals surface area contributed by atoms with E-state index in [-0.39, 0.29) is 18.3 Å². The first-order chi connectivity index (χ1) is 11.2. The second kappa shape index (κ2) is 6.74. The molecule has 1 N–H and O–H groups in total. The fourth-order valence-corrected chi connectivity index (χ4v) is 1.99. The molecule has 3 rings (SSSR count). The van der Waals surface area contributed by atoms with Gasteiger partial charge in [-0.2, -0.15) is 5.10 Å². The molecule has 0 radical (unpaired) electrons. The number of benzene rings is 2. The first kappa shape index (κ1) is 14.8. The first-order valence-electron chi connectivity index (χ1n) is 7.00. The number of para-hydroxylation sites is 1. The topological polar surface area (TPSA) is 56.2 Å². The highest BCUT2D eigenvalue weighted by atomic mass is 19.1. The van der Waals surface area contributed by atoms with Crippen LogP contribution >= 0.6 is 0 Å². The van der Waals surface area contributed by atoms with Crippen LogP contribution in [0.15, 0.2) is 67.0 Å². The predicted molar refractivity (Wildman–Crippen MR) is 83.8 cm³/mol. The summed E-state index contributed by atoms with van der Waals surface area (Å²) in [6.07, 6.45) is 3.10. The third kappa shape index (κ3) is 4.16.